The van der Waals surface area contributed by atoms with Gasteiger partial charge in [-0.3, -0.25) is 4.79 Å². The van der Waals surface area contributed by atoms with E-state index in [0.717, 1.165) is 48.3 Å². The molecular weight excluding hydrogens is 415 g/mol. The quantitative estimate of drug-likeness (QED) is 0.157. The molecule has 170 valence electrons. The van der Waals surface area contributed by atoms with E-state index >= 15 is 0 Å². The Morgan fingerprint density at radius 1 is 0.727 bits per heavy atom. The number of unbranched alkanes of at least 4 members (excludes halogenated alkanes) is 3. The third kappa shape index (κ3) is 8.41. The number of carbonyl (C=O) groups is 1. The van der Waals surface area contributed by atoms with Gasteiger partial charge in [-0.1, -0.05) is 43.0 Å². The van der Waals surface area contributed by atoms with Crippen LogP contribution in [0.2, 0.25) is 0 Å². The van der Waals surface area contributed by atoms with Crippen LogP contribution in [-0.4, -0.2) is 19.0 Å². The molecule has 0 aliphatic rings. The van der Waals surface area contributed by atoms with Crippen LogP contribution in [0.5, 0.6) is 11.5 Å². The molecule has 0 fully saturated rings. The van der Waals surface area contributed by atoms with Crippen molar-refractivity contribution in [2.24, 2.45) is 0 Å². The number of halogens is 1. The lowest BCUT2D eigenvalue weighted by Gasteiger charge is -2.08. The molecule has 3 aromatic carbocycles. The summed E-state index contributed by atoms with van der Waals surface area (Å²) in [7, 11) is 0. The van der Waals surface area contributed by atoms with Gasteiger partial charge >= 0.3 is 0 Å². The molecule has 0 bridgehead atoms. The van der Waals surface area contributed by atoms with Crippen LogP contribution in [0.25, 0.3) is 12.2 Å². The highest BCUT2D eigenvalue weighted by atomic mass is 19.1. The second kappa shape index (κ2) is 13.0. The van der Waals surface area contributed by atoms with Crippen molar-refractivity contribution in [3.8, 4) is 11.5 Å². The zero-order valence-electron chi connectivity index (χ0n) is 18.7. The van der Waals surface area contributed by atoms with Gasteiger partial charge in [-0.25, -0.2) is 4.39 Å². The average Bonchev–Trinajstić information content (AvgIpc) is 2.85. The number of rotatable bonds is 13. The topological polar surface area (TPSA) is 35.5 Å². The van der Waals surface area contributed by atoms with E-state index < -0.39 is 0 Å². The van der Waals surface area contributed by atoms with Gasteiger partial charge in [-0.05, 0) is 91.4 Å². The first kappa shape index (κ1) is 24.0. The zero-order chi connectivity index (χ0) is 23.3. The van der Waals surface area contributed by atoms with Crippen LogP contribution in [-0.2, 0) is 0 Å². The van der Waals surface area contributed by atoms with Crippen molar-refractivity contribution in [1.29, 1.82) is 0 Å². The summed E-state index contributed by atoms with van der Waals surface area (Å²) in [6.07, 6.45) is 9.24. The SMILES string of the molecule is C=Cc1ccc(OCCCCCCOc2ccc(/C=C/C(=O)c3ccc(F)cc3)cc2)cc1. The van der Waals surface area contributed by atoms with Gasteiger partial charge < -0.3 is 9.47 Å². The predicted octanol–water partition coefficient (Wildman–Crippen LogP) is 7.38. The van der Waals surface area contributed by atoms with Gasteiger partial charge in [0.15, 0.2) is 5.78 Å². The molecular formula is C29H29FO3. The maximum Gasteiger partial charge on any atom is 0.185 e. The maximum absolute atomic E-state index is 12.9. The molecule has 0 spiro atoms. The first-order valence-corrected chi connectivity index (χ1v) is 11.2. The van der Waals surface area contributed by atoms with Gasteiger partial charge in [0.1, 0.15) is 17.3 Å². The molecule has 0 atom stereocenters. The number of carbonyl (C=O) groups excluding carboxylic acids is 1. The minimum Gasteiger partial charge on any atom is -0.494 e. The lowest BCUT2D eigenvalue weighted by atomic mass is 10.1. The third-order valence-corrected chi connectivity index (χ3v) is 5.13. The lowest BCUT2D eigenvalue weighted by molar-refractivity contribution is 0.104. The fraction of sp³-hybridized carbons (Fsp3) is 0.207. The molecule has 0 aliphatic heterocycles. The lowest BCUT2D eigenvalue weighted by Crippen LogP contribution is -2.00. The van der Waals surface area contributed by atoms with Gasteiger partial charge in [-0.15, -0.1) is 0 Å². The molecule has 4 heteroatoms. The van der Waals surface area contributed by atoms with Crippen LogP contribution in [0.15, 0.2) is 85.5 Å². The number of hydrogen-bond acceptors (Lipinski definition) is 3. The summed E-state index contributed by atoms with van der Waals surface area (Å²) in [5, 5.41) is 0. The Bertz CT molecular complexity index is 1040. The minimum absolute atomic E-state index is 0.161. The summed E-state index contributed by atoms with van der Waals surface area (Å²) in [6.45, 7) is 5.13. The molecule has 0 radical (unpaired) electrons. The van der Waals surface area contributed by atoms with Crippen molar-refractivity contribution in [2.75, 3.05) is 13.2 Å². The van der Waals surface area contributed by atoms with Crippen LogP contribution in [0.4, 0.5) is 4.39 Å². The Morgan fingerprint density at radius 2 is 1.24 bits per heavy atom. The molecule has 0 heterocycles. The van der Waals surface area contributed by atoms with Crippen LogP contribution in [0.3, 0.4) is 0 Å². The first-order chi connectivity index (χ1) is 16.1. The number of ketones is 1. The fourth-order valence-corrected chi connectivity index (χ4v) is 3.20. The molecule has 0 N–H and O–H groups in total. The van der Waals surface area contributed by atoms with Crippen LogP contribution >= 0.6 is 0 Å². The molecule has 3 rings (SSSR count). The highest BCUT2D eigenvalue weighted by Crippen LogP contribution is 2.16. The Kier molecular flexibility index (Phi) is 9.46. The van der Waals surface area contributed by atoms with Gasteiger partial charge in [0.05, 0.1) is 13.2 Å². The highest BCUT2D eigenvalue weighted by molar-refractivity contribution is 6.06. The monoisotopic (exact) mass is 444 g/mol. The Balaban J connectivity index is 1.28. The molecule has 0 aliphatic carbocycles. The Morgan fingerprint density at radius 3 is 1.76 bits per heavy atom. The van der Waals surface area contributed by atoms with Crippen molar-refractivity contribution >= 4 is 17.9 Å². The van der Waals surface area contributed by atoms with E-state index in [4.69, 9.17) is 9.47 Å². The highest BCUT2D eigenvalue weighted by Gasteiger charge is 2.02. The summed E-state index contributed by atoms with van der Waals surface area (Å²) < 4.78 is 24.5. The normalized spacial score (nSPS) is 10.8. The van der Waals surface area contributed by atoms with Gasteiger partial charge in [0.25, 0.3) is 0 Å². The van der Waals surface area contributed by atoms with Gasteiger partial charge in [-0.2, -0.15) is 0 Å². The largest absolute Gasteiger partial charge is 0.494 e. The number of hydrogen-bond donors (Lipinski definition) is 0. The van der Waals surface area contributed by atoms with Gasteiger partial charge in [0, 0.05) is 5.56 Å². The Hall–Kier alpha value is -3.66. The molecule has 0 saturated heterocycles. The standard InChI is InChI=1S/C29H29FO3/c1-2-23-7-16-27(17-8-23)32-21-5-3-4-6-22-33-28-18-9-24(10-19-28)11-20-29(31)25-12-14-26(30)15-13-25/h2,7-20H,1,3-6,21-22H2/b20-11+. The maximum atomic E-state index is 12.9. The Labute approximate surface area is 195 Å². The average molecular weight is 445 g/mol. The second-order valence-corrected chi connectivity index (χ2v) is 7.66. The van der Waals surface area contributed by atoms with Crippen molar-refractivity contribution in [3.05, 3.63) is 108 Å². The second-order valence-electron chi connectivity index (χ2n) is 7.66. The molecule has 0 amide bonds. The summed E-state index contributed by atoms with van der Waals surface area (Å²) in [5.74, 6) is 1.18. The van der Waals surface area contributed by atoms with E-state index in [1.807, 2.05) is 54.6 Å². The van der Waals surface area contributed by atoms with E-state index in [2.05, 4.69) is 6.58 Å². The van der Waals surface area contributed by atoms with E-state index in [-0.39, 0.29) is 11.6 Å². The summed E-state index contributed by atoms with van der Waals surface area (Å²) in [4.78, 5) is 12.1. The van der Waals surface area contributed by atoms with Crippen molar-refractivity contribution in [3.63, 3.8) is 0 Å². The molecule has 0 aromatic heterocycles. The van der Waals surface area contributed by atoms with E-state index in [1.54, 1.807) is 6.08 Å². The summed E-state index contributed by atoms with van der Waals surface area (Å²) in [5.41, 5.74) is 2.45. The molecule has 3 aromatic rings. The van der Waals surface area contributed by atoms with Crippen LogP contribution in [0.1, 0.15) is 47.2 Å². The van der Waals surface area contributed by atoms with Crippen LogP contribution < -0.4 is 9.47 Å². The molecule has 3 nitrogen and oxygen atoms in total. The fourth-order valence-electron chi connectivity index (χ4n) is 3.20. The molecule has 0 unspecified atom stereocenters. The van der Waals surface area contributed by atoms with Gasteiger partial charge in [0.2, 0.25) is 0 Å². The van der Waals surface area contributed by atoms with E-state index in [9.17, 15) is 9.18 Å². The third-order valence-electron chi connectivity index (χ3n) is 5.13. The smallest absolute Gasteiger partial charge is 0.185 e. The van der Waals surface area contributed by atoms with Crippen molar-refractivity contribution in [1.82, 2.24) is 0 Å². The van der Waals surface area contributed by atoms with E-state index in [0.29, 0.717) is 18.8 Å². The first-order valence-electron chi connectivity index (χ1n) is 11.2. The number of benzene rings is 3. The zero-order valence-corrected chi connectivity index (χ0v) is 18.7. The molecule has 33 heavy (non-hydrogen) atoms. The minimum atomic E-state index is -0.356. The van der Waals surface area contributed by atoms with Crippen molar-refractivity contribution < 1.29 is 18.7 Å². The number of allylic oxidation sites excluding steroid dienone is 1. The van der Waals surface area contributed by atoms with E-state index in [1.165, 1.54) is 30.3 Å². The summed E-state index contributed by atoms with van der Waals surface area (Å²) >= 11 is 0. The number of ether oxygens (including phenoxy) is 2. The van der Waals surface area contributed by atoms with Crippen LogP contribution in [0, 0.1) is 5.82 Å². The predicted molar refractivity (Wildman–Crippen MR) is 132 cm³/mol. The summed E-state index contributed by atoms with van der Waals surface area (Å²) in [6, 6.07) is 21.1. The van der Waals surface area contributed by atoms with Crippen molar-refractivity contribution in [2.45, 2.75) is 25.7 Å². The molecule has 0 saturated carbocycles.